The smallest absolute Gasteiger partial charge is 0.297 e. The van der Waals surface area contributed by atoms with Gasteiger partial charge in [0.05, 0.1) is 29.6 Å². The number of hydrogen-bond acceptors (Lipinski definition) is 12. The first kappa shape index (κ1) is 20.8. The van der Waals surface area contributed by atoms with Crippen molar-refractivity contribution in [1.29, 1.82) is 0 Å². The number of nitrogens with two attached hydrogens (primary N) is 1. The van der Waals surface area contributed by atoms with Crippen LogP contribution in [0.5, 0.6) is 11.5 Å². The molecule has 14 nitrogen and oxygen atoms in total. The molecule has 0 saturated heterocycles. The summed E-state index contributed by atoms with van der Waals surface area (Å²) >= 11 is 0. The van der Waals surface area contributed by atoms with Crippen molar-refractivity contribution in [1.82, 2.24) is 15.7 Å². The van der Waals surface area contributed by atoms with E-state index in [0.29, 0.717) is 5.69 Å². The highest BCUT2D eigenvalue weighted by molar-refractivity contribution is 5.96. The second kappa shape index (κ2) is 9.08. The Morgan fingerprint density at radius 2 is 1.97 bits per heavy atom. The van der Waals surface area contributed by atoms with E-state index >= 15 is 0 Å². The van der Waals surface area contributed by atoms with Crippen LogP contribution in [0.1, 0.15) is 16.1 Å². The Hall–Kier alpha value is -4.88. The van der Waals surface area contributed by atoms with Crippen molar-refractivity contribution in [3.8, 4) is 11.5 Å². The Balaban J connectivity index is 1.79. The van der Waals surface area contributed by atoms with Crippen LogP contribution in [0.25, 0.3) is 0 Å². The number of nitrogens with one attached hydrogen (secondary N) is 1. The Bertz CT molecular complexity index is 1170. The molecule has 31 heavy (non-hydrogen) atoms. The number of anilines is 1. The Kier molecular flexibility index (Phi) is 6.10. The van der Waals surface area contributed by atoms with Crippen molar-refractivity contribution in [3.05, 3.63) is 57.8 Å². The zero-order valence-corrected chi connectivity index (χ0v) is 15.8. The lowest BCUT2D eigenvalue weighted by atomic mass is 10.2. The summed E-state index contributed by atoms with van der Waals surface area (Å²) in [6, 6.07) is 8.30. The standard InChI is InChI=1S/C17H14N8O6/c1-30-13-7-11(21-20-10-2-4-12(5-3-10)25(28)29)6-9(15(13)26)8-19-22-17(27)14-16(18)24-31-23-14/h2-8,26H,1H3,(H2,18,24)(H,22,27)/b19-8+,21-20?. The van der Waals surface area contributed by atoms with Crippen LogP contribution in [-0.2, 0) is 0 Å². The van der Waals surface area contributed by atoms with Crippen LogP contribution in [0.15, 0.2) is 56.4 Å². The van der Waals surface area contributed by atoms with E-state index in [2.05, 4.69) is 35.7 Å². The average molecular weight is 426 g/mol. The highest BCUT2D eigenvalue weighted by Gasteiger charge is 2.15. The lowest BCUT2D eigenvalue weighted by Gasteiger charge is -2.07. The number of aromatic nitrogens is 2. The number of azo groups is 1. The number of hydrogen-bond donors (Lipinski definition) is 3. The number of carbonyl (C=O) groups excluding carboxylic acids is 1. The van der Waals surface area contributed by atoms with E-state index in [1.54, 1.807) is 0 Å². The van der Waals surface area contributed by atoms with E-state index in [0.717, 1.165) is 6.21 Å². The van der Waals surface area contributed by atoms with Crippen molar-refractivity contribution in [2.45, 2.75) is 0 Å². The first-order valence-electron chi connectivity index (χ1n) is 8.37. The summed E-state index contributed by atoms with van der Waals surface area (Å²) in [7, 11) is 1.34. The van der Waals surface area contributed by atoms with Crippen LogP contribution in [0.3, 0.4) is 0 Å². The number of nitro groups is 1. The maximum Gasteiger partial charge on any atom is 0.297 e. The summed E-state index contributed by atoms with van der Waals surface area (Å²) < 4.78 is 9.43. The zero-order chi connectivity index (χ0) is 22.4. The van der Waals surface area contributed by atoms with Gasteiger partial charge in [-0.2, -0.15) is 15.3 Å². The van der Waals surface area contributed by atoms with Crippen LogP contribution in [0.4, 0.5) is 22.9 Å². The molecule has 0 saturated carbocycles. The number of amides is 1. The number of benzene rings is 2. The van der Waals surface area contributed by atoms with Crippen molar-refractivity contribution in [2.75, 3.05) is 12.8 Å². The number of rotatable bonds is 7. The van der Waals surface area contributed by atoms with Gasteiger partial charge >= 0.3 is 0 Å². The lowest BCUT2D eigenvalue weighted by Crippen LogP contribution is -2.19. The molecule has 3 aromatic rings. The van der Waals surface area contributed by atoms with Crippen molar-refractivity contribution >= 4 is 35.0 Å². The van der Waals surface area contributed by atoms with Gasteiger partial charge in [-0.25, -0.2) is 10.1 Å². The molecular formula is C17H14N8O6. The predicted molar refractivity (Wildman–Crippen MR) is 106 cm³/mol. The van der Waals surface area contributed by atoms with Gasteiger partial charge in [0.1, 0.15) is 0 Å². The molecule has 0 radical (unpaired) electrons. The molecule has 1 amide bonds. The largest absolute Gasteiger partial charge is 0.504 e. The van der Waals surface area contributed by atoms with Gasteiger partial charge in [0.15, 0.2) is 11.5 Å². The summed E-state index contributed by atoms with van der Waals surface area (Å²) in [5.74, 6) is -1.14. The van der Waals surface area contributed by atoms with E-state index in [1.807, 2.05) is 0 Å². The molecule has 1 aromatic heterocycles. The highest BCUT2D eigenvalue weighted by Crippen LogP contribution is 2.34. The molecule has 14 heteroatoms. The molecule has 4 N–H and O–H groups in total. The number of hydrazone groups is 1. The monoisotopic (exact) mass is 426 g/mol. The number of non-ortho nitro benzene ring substituents is 1. The van der Waals surface area contributed by atoms with Crippen molar-refractivity contribution in [2.24, 2.45) is 15.3 Å². The quantitative estimate of drug-likeness (QED) is 0.219. The minimum atomic E-state index is -0.768. The van der Waals surface area contributed by atoms with Crippen LogP contribution in [0.2, 0.25) is 0 Å². The zero-order valence-electron chi connectivity index (χ0n) is 15.8. The van der Waals surface area contributed by atoms with Crippen LogP contribution in [-0.4, -0.2) is 39.6 Å². The predicted octanol–water partition coefficient (Wildman–Crippen LogP) is 2.45. The molecular weight excluding hydrogens is 412 g/mol. The number of nitrogen functional groups attached to an aromatic ring is 1. The number of phenolic OH excluding ortho intramolecular Hbond substituents is 1. The minimum Gasteiger partial charge on any atom is -0.504 e. The van der Waals surface area contributed by atoms with Gasteiger partial charge in [-0.15, -0.1) is 0 Å². The Morgan fingerprint density at radius 3 is 2.58 bits per heavy atom. The lowest BCUT2D eigenvalue weighted by molar-refractivity contribution is -0.384. The molecule has 0 atom stereocenters. The summed E-state index contributed by atoms with van der Waals surface area (Å²) in [6.07, 6.45) is 1.14. The van der Waals surface area contributed by atoms with Gasteiger partial charge in [0, 0.05) is 23.8 Å². The topological polar surface area (TPSA) is 204 Å². The maximum atomic E-state index is 11.9. The van der Waals surface area contributed by atoms with E-state index in [4.69, 9.17) is 10.5 Å². The second-order valence-corrected chi connectivity index (χ2v) is 5.76. The first-order chi connectivity index (χ1) is 14.9. The molecule has 1 heterocycles. The van der Waals surface area contributed by atoms with Crippen LogP contribution >= 0.6 is 0 Å². The van der Waals surface area contributed by atoms with Crippen molar-refractivity contribution < 1.29 is 24.2 Å². The average Bonchev–Trinajstić information content (AvgIpc) is 3.20. The number of carbonyl (C=O) groups is 1. The maximum absolute atomic E-state index is 11.9. The molecule has 158 valence electrons. The molecule has 3 rings (SSSR count). The summed E-state index contributed by atoms with van der Waals surface area (Å²) in [5, 5.41) is 39.3. The SMILES string of the molecule is COc1cc(N=Nc2ccc([N+](=O)[O-])cc2)cc(/C=N/NC(=O)c2nonc2N)c1O. The fourth-order valence-electron chi connectivity index (χ4n) is 2.25. The summed E-state index contributed by atoms with van der Waals surface area (Å²) in [6.45, 7) is 0. The van der Waals surface area contributed by atoms with E-state index in [-0.39, 0.29) is 39.9 Å². The first-order valence-corrected chi connectivity index (χ1v) is 8.37. The number of phenols is 1. The number of aromatic hydroxyl groups is 1. The molecule has 0 spiro atoms. The number of methoxy groups -OCH3 is 1. The molecule has 0 bridgehead atoms. The van der Waals surface area contributed by atoms with E-state index in [9.17, 15) is 20.0 Å². The van der Waals surface area contributed by atoms with Gasteiger partial charge < -0.3 is 15.6 Å². The molecule has 0 fully saturated rings. The third kappa shape index (κ3) is 4.94. The Morgan fingerprint density at radius 1 is 1.26 bits per heavy atom. The van der Waals surface area contributed by atoms with Gasteiger partial charge in [-0.1, -0.05) is 0 Å². The Labute approximate surface area is 173 Å². The fourth-order valence-corrected chi connectivity index (χ4v) is 2.25. The molecule has 0 aliphatic rings. The fraction of sp³-hybridized carbons (Fsp3) is 0.0588. The molecule has 0 unspecified atom stereocenters. The van der Waals surface area contributed by atoms with Gasteiger partial charge in [-0.05, 0) is 28.5 Å². The van der Waals surface area contributed by atoms with Crippen molar-refractivity contribution in [3.63, 3.8) is 0 Å². The third-order valence-electron chi connectivity index (χ3n) is 3.75. The van der Waals surface area contributed by atoms with Gasteiger partial charge in [0.25, 0.3) is 11.6 Å². The number of nitro benzene ring substituents is 1. The highest BCUT2D eigenvalue weighted by atomic mass is 16.6. The van der Waals surface area contributed by atoms with E-state index < -0.39 is 10.8 Å². The molecule has 0 aliphatic heterocycles. The molecule has 2 aromatic carbocycles. The third-order valence-corrected chi connectivity index (χ3v) is 3.75. The second-order valence-electron chi connectivity index (χ2n) is 5.76. The molecule has 0 aliphatic carbocycles. The minimum absolute atomic E-state index is 0.0750. The van der Waals surface area contributed by atoms with Gasteiger partial charge in [-0.3, -0.25) is 14.9 Å². The summed E-state index contributed by atoms with van der Waals surface area (Å²) in [4.78, 5) is 22.1. The number of ether oxygens (including phenoxy) is 1. The summed E-state index contributed by atoms with van der Waals surface area (Å²) in [5.41, 5.74) is 8.07. The van der Waals surface area contributed by atoms with Gasteiger partial charge in [0.2, 0.25) is 11.5 Å². The van der Waals surface area contributed by atoms with Crippen LogP contribution < -0.4 is 15.9 Å². The number of nitrogens with zero attached hydrogens (tertiary/aromatic N) is 6. The van der Waals surface area contributed by atoms with E-state index in [1.165, 1.54) is 43.5 Å². The van der Waals surface area contributed by atoms with Crippen LogP contribution in [0, 0.1) is 10.1 Å². The normalized spacial score (nSPS) is 11.1.